The Hall–Kier alpha value is -1.22. The van der Waals surface area contributed by atoms with Crippen molar-refractivity contribution in [1.29, 1.82) is 0 Å². The summed E-state index contributed by atoms with van der Waals surface area (Å²) >= 11 is 0. The first-order valence-electron chi connectivity index (χ1n) is 7.67. The first kappa shape index (κ1) is 15.2. The molecule has 0 bridgehead atoms. The first-order chi connectivity index (χ1) is 9.71. The maximum absolute atomic E-state index is 6.58. The second-order valence-electron chi connectivity index (χ2n) is 5.80. The van der Waals surface area contributed by atoms with Crippen LogP contribution in [0.25, 0.3) is 0 Å². The van der Waals surface area contributed by atoms with Crippen LogP contribution in [0.4, 0.5) is 0 Å². The zero-order chi connectivity index (χ0) is 14.5. The lowest BCUT2D eigenvalue weighted by Gasteiger charge is -2.33. The molecule has 1 aliphatic carbocycles. The van der Waals surface area contributed by atoms with Crippen molar-refractivity contribution in [3.63, 3.8) is 0 Å². The molecule has 0 saturated heterocycles. The highest BCUT2D eigenvalue weighted by Crippen LogP contribution is 2.42. The standard InChI is InChI=1S/C17H27NO2/c1-4-12-7-5-8-13(11-12)17(18)16-14(19-2)9-6-10-15(16)20-3/h6,9-10,12-13,17H,4-5,7-8,11,18H2,1-3H3. The predicted molar refractivity (Wildman–Crippen MR) is 82.2 cm³/mol. The summed E-state index contributed by atoms with van der Waals surface area (Å²) in [5, 5.41) is 0. The maximum Gasteiger partial charge on any atom is 0.127 e. The van der Waals surface area contributed by atoms with Gasteiger partial charge in [0.1, 0.15) is 11.5 Å². The molecular weight excluding hydrogens is 250 g/mol. The van der Waals surface area contributed by atoms with Crippen LogP contribution < -0.4 is 15.2 Å². The van der Waals surface area contributed by atoms with Gasteiger partial charge >= 0.3 is 0 Å². The number of ether oxygens (including phenoxy) is 2. The van der Waals surface area contributed by atoms with Gasteiger partial charge in [0.2, 0.25) is 0 Å². The molecule has 0 radical (unpaired) electrons. The zero-order valence-corrected chi connectivity index (χ0v) is 12.9. The molecule has 1 aromatic carbocycles. The largest absolute Gasteiger partial charge is 0.496 e. The maximum atomic E-state index is 6.58. The quantitative estimate of drug-likeness (QED) is 0.887. The van der Waals surface area contributed by atoms with Gasteiger partial charge in [-0.15, -0.1) is 0 Å². The third-order valence-corrected chi connectivity index (χ3v) is 4.71. The van der Waals surface area contributed by atoms with Crippen LogP contribution in [0.5, 0.6) is 11.5 Å². The fourth-order valence-electron chi connectivity index (χ4n) is 3.47. The van der Waals surface area contributed by atoms with E-state index in [0.717, 1.165) is 23.0 Å². The van der Waals surface area contributed by atoms with Crippen LogP contribution in [0.3, 0.4) is 0 Å². The van der Waals surface area contributed by atoms with Gasteiger partial charge in [0, 0.05) is 6.04 Å². The Labute approximate surface area is 122 Å². The summed E-state index contributed by atoms with van der Waals surface area (Å²) in [6.07, 6.45) is 6.32. The molecule has 3 heteroatoms. The van der Waals surface area contributed by atoms with E-state index in [2.05, 4.69) is 6.92 Å². The minimum atomic E-state index is -0.00421. The number of benzene rings is 1. The number of nitrogens with two attached hydrogens (primary N) is 1. The first-order valence-corrected chi connectivity index (χ1v) is 7.67. The Balaban J connectivity index is 2.25. The van der Waals surface area contributed by atoms with E-state index in [1.165, 1.54) is 32.1 Å². The molecule has 112 valence electrons. The Morgan fingerprint density at radius 3 is 2.40 bits per heavy atom. The van der Waals surface area contributed by atoms with E-state index in [9.17, 15) is 0 Å². The SMILES string of the molecule is CCC1CCCC(C(N)c2c(OC)cccc2OC)C1. The van der Waals surface area contributed by atoms with Crippen molar-refractivity contribution >= 4 is 0 Å². The highest BCUT2D eigenvalue weighted by atomic mass is 16.5. The van der Waals surface area contributed by atoms with Crippen LogP contribution in [-0.4, -0.2) is 14.2 Å². The average molecular weight is 277 g/mol. The lowest BCUT2D eigenvalue weighted by atomic mass is 9.75. The summed E-state index contributed by atoms with van der Waals surface area (Å²) < 4.78 is 11.0. The molecule has 3 unspecified atom stereocenters. The molecule has 1 aliphatic rings. The smallest absolute Gasteiger partial charge is 0.127 e. The van der Waals surface area contributed by atoms with E-state index in [-0.39, 0.29) is 6.04 Å². The van der Waals surface area contributed by atoms with Crippen LogP contribution in [-0.2, 0) is 0 Å². The number of methoxy groups -OCH3 is 2. The van der Waals surface area contributed by atoms with Crippen molar-refractivity contribution in [3.05, 3.63) is 23.8 Å². The van der Waals surface area contributed by atoms with Crippen LogP contribution in [0.2, 0.25) is 0 Å². The summed E-state index contributed by atoms with van der Waals surface area (Å²) in [7, 11) is 3.39. The fraction of sp³-hybridized carbons (Fsp3) is 0.647. The molecule has 1 saturated carbocycles. The Morgan fingerprint density at radius 2 is 1.85 bits per heavy atom. The van der Waals surface area contributed by atoms with E-state index in [4.69, 9.17) is 15.2 Å². The molecular formula is C17H27NO2. The molecule has 0 spiro atoms. The molecule has 20 heavy (non-hydrogen) atoms. The van der Waals surface area contributed by atoms with Crippen molar-refractivity contribution in [2.45, 2.75) is 45.1 Å². The molecule has 0 amide bonds. The lowest BCUT2D eigenvalue weighted by molar-refractivity contribution is 0.225. The van der Waals surface area contributed by atoms with Crippen molar-refractivity contribution in [1.82, 2.24) is 0 Å². The number of hydrogen-bond donors (Lipinski definition) is 1. The van der Waals surface area contributed by atoms with E-state index in [1.807, 2.05) is 18.2 Å². The van der Waals surface area contributed by atoms with Crippen LogP contribution in [0.15, 0.2) is 18.2 Å². The van der Waals surface area contributed by atoms with Crippen molar-refractivity contribution in [2.75, 3.05) is 14.2 Å². The Kier molecular flexibility index (Phi) is 5.30. The third kappa shape index (κ3) is 3.09. The number of hydrogen-bond acceptors (Lipinski definition) is 3. The van der Waals surface area contributed by atoms with Crippen LogP contribution in [0, 0.1) is 11.8 Å². The van der Waals surface area contributed by atoms with Gasteiger partial charge in [0.05, 0.1) is 19.8 Å². The molecule has 1 aromatic rings. The molecule has 0 aliphatic heterocycles. The van der Waals surface area contributed by atoms with Gasteiger partial charge in [0.25, 0.3) is 0 Å². The van der Waals surface area contributed by atoms with E-state index < -0.39 is 0 Å². The van der Waals surface area contributed by atoms with Crippen molar-refractivity contribution in [3.8, 4) is 11.5 Å². The minimum absolute atomic E-state index is 0.00421. The summed E-state index contributed by atoms with van der Waals surface area (Å²) in [6, 6.07) is 5.88. The second kappa shape index (κ2) is 6.98. The van der Waals surface area contributed by atoms with Gasteiger partial charge in [-0.05, 0) is 36.8 Å². The topological polar surface area (TPSA) is 44.5 Å². The van der Waals surface area contributed by atoms with Gasteiger partial charge < -0.3 is 15.2 Å². The Bertz CT molecular complexity index is 411. The summed E-state index contributed by atoms with van der Waals surface area (Å²) in [5.41, 5.74) is 7.61. The van der Waals surface area contributed by atoms with Gasteiger partial charge in [-0.3, -0.25) is 0 Å². The Morgan fingerprint density at radius 1 is 1.20 bits per heavy atom. The van der Waals surface area contributed by atoms with Gasteiger partial charge in [-0.25, -0.2) is 0 Å². The molecule has 1 fully saturated rings. The minimum Gasteiger partial charge on any atom is -0.496 e. The van der Waals surface area contributed by atoms with Crippen LogP contribution >= 0.6 is 0 Å². The van der Waals surface area contributed by atoms with E-state index in [0.29, 0.717) is 5.92 Å². The highest BCUT2D eigenvalue weighted by Gasteiger charge is 2.29. The second-order valence-corrected chi connectivity index (χ2v) is 5.80. The zero-order valence-electron chi connectivity index (χ0n) is 12.9. The van der Waals surface area contributed by atoms with Crippen molar-refractivity contribution in [2.24, 2.45) is 17.6 Å². The molecule has 3 nitrogen and oxygen atoms in total. The highest BCUT2D eigenvalue weighted by molar-refractivity contribution is 5.47. The summed E-state index contributed by atoms with van der Waals surface area (Å²) in [4.78, 5) is 0. The lowest BCUT2D eigenvalue weighted by Crippen LogP contribution is -2.27. The molecule has 2 rings (SSSR count). The van der Waals surface area contributed by atoms with Gasteiger partial charge in [0.15, 0.2) is 0 Å². The van der Waals surface area contributed by atoms with Gasteiger partial charge in [-0.2, -0.15) is 0 Å². The predicted octanol–water partition coefficient (Wildman–Crippen LogP) is 3.92. The number of rotatable bonds is 5. The molecule has 0 heterocycles. The van der Waals surface area contributed by atoms with E-state index in [1.54, 1.807) is 14.2 Å². The molecule has 3 atom stereocenters. The molecule has 0 aromatic heterocycles. The summed E-state index contributed by atoms with van der Waals surface area (Å²) in [6.45, 7) is 2.28. The normalized spacial score (nSPS) is 24.2. The summed E-state index contributed by atoms with van der Waals surface area (Å²) in [5.74, 6) is 3.03. The fourth-order valence-corrected chi connectivity index (χ4v) is 3.47. The van der Waals surface area contributed by atoms with Crippen LogP contribution in [0.1, 0.15) is 50.6 Å². The van der Waals surface area contributed by atoms with Crippen molar-refractivity contribution < 1.29 is 9.47 Å². The van der Waals surface area contributed by atoms with E-state index >= 15 is 0 Å². The average Bonchev–Trinajstić information content (AvgIpc) is 2.53. The monoisotopic (exact) mass is 277 g/mol. The molecule has 2 N–H and O–H groups in total. The van der Waals surface area contributed by atoms with Gasteiger partial charge in [-0.1, -0.05) is 32.3 Å². The third-order valence-electron chi connectivity index (χ3n) is 4.71.